The molecule has 2 atom stereocenters. The maximum absolute atomic E-state index is 13.4. The predicted octanol–water partition coefficient (Wildman–Crippen LogP) is 13.7. The second-order valence-electron chi connectivity index (χ2n) is 17.1. The minimum absolute atomic E-state index is 0.0525. The molecule has 0 saturated heterocycles. The lowest BCUT2D eigenvalue weighted by molar-refractivity contribution is -0.157. The topological polar surface area (TPSA) is 76.1 Å². The van der Waals surface area contributed by atoms with Crippen LogP contribution < -0.4 is 0 Å². The van der Waals surface area contributed by atoms with Gasteiger partial charge in [0.25, 0.3) is 0 Å². The lowest BCUT2D eigenvalue weighted by Crippen LogP contribution is -2.41. The summed E-state index contributed by atoms with van der Waals surface area (Å²) in [5, 5.41) is 9.45. The van der Waals surface area contributed by atoms with Crippen molar-refractivity contribution in [2.75, 3.05) is 26.3 Å². The van der Waals surface area contributed by atoms with E-state index < -0.39 is 0 Å². The van der Waals surface area contributed by atoms with Crippen LogP contribution in [0.1, 0.15) is 246 Å². The third-order valence-electron chi connectivity index (χ3n) is 12.2. The van der Waals surface area contributed by atoms with Crippen molar-refractivity contribution in [2.45, 2.75) is 258 Å². The Kier molecular flexibility index (Phi) is 35.3. The van der Waals surface area contributed by atoms with Crippen molar-refractivity contribution in [3.8, 4) is 0 Å². The Bertz CT molecular complexity index is 828. The zero-order chi connectivity index (χ0) is 39.3. The van der Waals surface area contributed by atoms with E-state index in [0.717, 1.165) is 129 Å². The summed E-state index contributed by atoms with van der Waals surface area (Å²) >= 11 is 0. The van der Waals surface area contributed by atoms with Crippen LogP contribution in [0, 0.1) is 11.8 Å². The van der Waals surface area contributed by atoms with Gasteiger partial charge < -0.3 is 19.5 Å². The first kappa shape index (κ1) is 50.9. The van der Waals surface area contributed by atoms with Crippen molar-refractivity contribution >= 4 is 11.9 Å². The number of aliphatic hydroxyl groups excluding tert-OH is 1. The highest BCUT2D eigenvalue weighted by atomic mass is 16.5. The highest BCUT2D eigenvalue weighted by molar-refractivity contribution is 5.72. The van der Waals surface area contributed by atoms with E-state index in [0.29, 0.717) is 12.6 Å². The molecule has 0 radical (unpaired) electrons. The van der Waals surface area contributed by atoms with E-state index in [2.05, 4.69) is 32.6 Å². The van der Waals surface area contributed by atoms with E-state index in [1.165, 1.54) is 103 Å². The smallest absolute Gasteiger partial charge is 0.309 e. The summed E-state index contributed by atoms with van der Waals surface area (Å²) in [4.78, 5) is 29.1. The van der Waals surface area contributed by atoms with Gasteiger partial charge >= 0.3 is 11.9 Å². The van der Waals surface area contributed by atoms with E-state index in [4.69, 9.17) is 9.47 Å². The number of esters is 2. The van der Waals surface area contributed by atoms with Crippen LogP contribution in [0.3, 0.4) is 0 Å². The summed E-state index contributed by atoms with van der Waals surface area (Å²) in [6, 6.07) is 0.536. The molecule has 1 saturated carbocycles. The molecular weight excluding hydrogens is 671 g/mol. The number of carbonyl (C=O) groups excluding carboxylic acids is 2. The third-order valence-corrected chi connectivity index (χ3v) is 12.2. The molecule has 0 aliphatic heterocycles. The zero-order valence-electron chi connectivity index (χ0n) is 36.7. The Morgan fingerprint density at radius 3 is 1.37 bits per heavy atom. The van der Waals surface area contributed by atoms with E-state index in [1.807, 2.05) is 0 Å². The molecule has 1 fully saturated rings. The molecule has 6 nitrogen and oxygen atoms in total. The molecule has 1 aliphatic carbocycles. The number of rotatable bonds is 39. The van der Waals surface area contributed by atoms with E-state index >= 15 is 0 Å². The molecule has 320 valence electrons. The van der Waals surface area contributed by atoms with Gasteiger partial charge in [0.2, 0.25) is 0 Å². The molecule has 1 N–H and O–H groups in total. The van der Waals surface area contributed by atoms with Gasteiger partial charge in [-0.05, 0) is 90.1 Å². The minimum atomic E-state index is 0.0525. The van der Waals surface area contributed by atoms with Crippen LogP contribution in [0.2, 0.25) is 0 Å². The molecule has 0 aromatic heterocycles. The summed E-state index contributed by atoms with van der Waals surface area (Å²) in [6.07, 6.45) is 39.3. The first-order valence-electron chi connectivity index (χ1n) is 24.2. The van der Waals surface area contributed by atoms with Crippen LogP contribution in [-0.2, 0) is 19.1 Å². The largest absolute Gasteiger partial charge is 0.465 e. The number of ether oxygens (including phenoxy) is 2. The molecule has 1 aliphatic rings. The Labute approximate surface area is 336 Å². The highest BCUT2D eigenvalue weighted by Crippen LogP contribution is 2.29. The fraction of sp³-hybridized carbons (Fsp3) is 0.958. The van der Waals surface area contributed by atoms with Gasteiger partial charge in [0.1, 0.15) is 6.10 Å². The molecular formula is C48H93NO5. The van der Waals surface area contributed by atoms with Crippen molar-refractivity contribution in [2.24, 2.45) is 11.8 Å². The molecule has 0 spiro atoms. The average molecular weight is 764 g/mol. The van der Waals surface area contributed by atoms with Crippen LogP contribution >= 0.6 is 0 Å². The van der Waals surface area contributed by atoms with Gasteiger partial charge in [-0.3, -0.25) is 9.59 Å². The summed E-state index contributed by atoms with van der Waals surface area (Å²) in [5.41, 5.74) is 0. The second kappa shape index (κ2) is 37.4. The predicted molar refractivity (Wildman–Crippen MR) is 230 cm³/mol. The second-order valence-corrected chi connectivity index (χ2v) is 17.1. The van der Waals surface area contributed by atoms with Crippen molar-refractivity contribution in [3.63, 3.8) is 0 Å². The maximum Gasteiger partial charge on any atom is 0.309 e. The Morgan fingerprint density at radius 1 is 0.500 bits per heavy atom. The van der Waals surface area contributed by atoms with Crippen molar-refractivity contribution in [1.82, 2.24) is 4.90 Å². The van der Waals surface area contributed by atoms with Gasteiger partial charge in [0.05, 0.1) is 18.4 Å². The number of aliphatic hydroxyl groups is 1. The van der Waals surface area contributed by atoms with Gasteiger partial charge in [-0.25, -0.2) is 0 Å². The Balaban J connectivity index is 2.47. The zero-order valence-corrected chi connectivity index (χ0v) is 36.7. The van der Waals surface area contributed by atoms with E-state index in [-0.39, 0.29) is 36.5 Å². The number of carbonyl (C=O) groups is 2. The van der Waals surface area contributed by atoms with Crippen LogP contribution in [0.4, 0.5) is 0 Å². The van der Waals surface area contributed by atoms with Gasteiger partial charge in [-0.15, -0.1) is 0 Å². The number of nitrogens with zero attached hydrogens (tertiary/aromatic N) is 1. The summed E-state index contributed by atoms with van der Waals surface area (Å²) in [6.45, 7) is 11.9. The summed E-state index contributed by atoms with van der Waals surface area (Å²) in [5.74, 6) is 0.290. The molecule has 54 heavy (non-hydrogen) atoms. The molecule has 6 heteroatoms. The highest BCUT2D eigenvalue weighted by Gasteiger charge is 2.29. The van der Waals surface area contributed by atoms with E-state index in [9.17, 15) is 14.7 Å². The number of hydrogen-bond donors (Lipinski definition) is 1. The van der Waals surface area contributed by atoms with Crippen LogP contribution in [0.5, 0.6) is 0 Å². The van der Waals surface area contributed by atoms with Gasteiger partial charge in [0.15, 0.2) is 0 Å². The number of hydrogen-bond acceptors (Lipinski definition) is 6. The molecule has 1 rings (SSSR count). The third kappa shape index (κ3) is 27.5. The first-order valence-corrected chi connectivity index (χ1v) is 24.2. The molecule has 0 aromatic carbocycles. The first-order chi connectivity index (χ1) is 26.5. The summed E-state index contributed by atoms with van der Waals surface area (Å²) in [7, 11) is 0. The van der Waals surface area contributed by atoms with Crippen LogP contribution in [-0.4, -0.2) is 60.4 Å². The van der Waals surface area contributed by atoms with Gasteiger partial charge in [0, 0.05) is 12.6 Å². The maximum atomic E-state index is 13.4. The lowest BCUT2D eigenvalue weighted by atomic mass is 9.90. The van der Waals surface area contributed by atoms with Gasteiger partial charge in [-0.2, -0.15) is 0 Å². The molecule has 0 heterocycles. The standard InChI is InChI=1S/C48H93NO5/c1-5-9-13-17-19-25-32-43(31-23-15-11-7-3)47(51)53-42-30-22-21-27-39-49(40-28-29-41-50)45-35-37-46(38-36-45)54-48(52)44(33-24-16-12-8-4)34-26-20-18-14-10-6-2/h43-46,50H,5-42H2,1-4H3. The summed E-state index contributed by atoms with van der Waals surface area (Å²) < 4.78 is 12.1. The van der Waals surface area contributed by atoms with E-state index in [1.54, 1.807) is 0 Å². The van der Waals surface area contributed by atoms with Crippen molar-refractivity contribution in [1.29, 1.82) is 0 Å². The molecule has 0 aromatic rings. The lowest BCUT2D eigenvalue weighted by Gasteiger charge is -2.37. The molecule has 0 bridgehead atoms. The van der Waals surface area contributed by atoms with Crippen molar-refractivity contribution < 1.29 is 24.2 Å². The number of unbranched alkanes of at least 4 members (excludes halogenated alkanes) is 20. The normalized spacial score (nSPS) is 17.1. The Morgan fingerprint density at radius 2 is 0.889 bits per heavy atom. The fourth-order valence-corrected chi connectivity index (χ4v) is 8.49. The van der Waals surface area contributed by atoms with Crippen LogP contribution in [0.15, 0.2) is 0 Å². The SMILES string of the molecule is CCCCCCCCC(CCCCCC)C(=O)OCCCCCCN(CCCCO)C1CCC(OC(=O)C(CCCCCC)CCCCCCCC)CC1. The van der Waals surface area contributed by atoms with Crippen molar-refractivity contribution in [3.05, 3.63) is 0 Å². The Hall–Kier alpha value is -1.14. The van der Waals surface area contributed by atoms with Crippen LogP contribution in [0.25, 0.3) is 0 Å². The average Bonchev–Trinajstić information content (AvgIpc) is 3.18. The minimum Gasteiger partial charge on any atom is -0.465 e. The van der Waals surface area contributed by atoms with Gasteiger partial charge in [-0.1, -0.05) is 169 Å². The fourth-order valence-electron chi connectivity index (χ4n) is 8.49. The molecule has 2 unspecified atom stereocenters. The quantitative estimate of drug-likeness (QED) is 0.0496. The monoisotopic (exact) mass is 764 g/mol. The molecule has 0 amide bonds.